The molecule has 0 radical (unpaired) electrons. The van der Waals surface area contributed by atoms with Gasteiger partial charge >= 0.3 is 0 Å². The zero-order chi connectivity index (χ0) is 15.5. The molecule has 1 aliphatic carbocycles. The summed E-state index contributed by atoms with van der Waals surface area (Å²) >= 11 is 0. The third-order valence-corrected chi connectivity index (χ3v) is 4.36. The molecule has 1 saturated carbocycles. The summed E-state index contributed by atoms with van der Waals surface area (Å²) in [6.07, 6.45) is 2.07. The van der Waals surface area contributed by atoms with E-state index in [1.807, 2.05) is 4.90 Å². The van der Waals surface area contributed by atoms with Crippen molar-refractivity contribution < 1.29 is 9.90 Å². The Balaban J connectivity index is 1.54. The fourth-order valence-electron chi connectivity index (χ4n) is 2.98. The molecule has 1 aromatic rings. The normalized spacial score (nSPS) is 24.2. The fourth-order valence-corrected chi connectivity index (χ4v) is 2.98. The summed E-state index contributed by atoms with van der Waals surface area (Å²) in [5.41, 5.74) is 2.28. The van der Waals surface area contributed by atoms with Gasteiger partial charge in [0.15, 0.2) is 0 Å². The van der Waals surface area contributed by atoms with E-state index in [0.717, 1.165) is 25.3 Å². The number of nitrogens with zero attached hydrogens (tertiary/aromatic N) is 3. The van der Waals surface area contributed by atoms with Crippen LogP contribution in [-0.2, 0) is 11.3 Å². The number of β-amino-alcohol motifs (C(OH)–C–C–N with tert-alkyl or cyclic N) is 1. The first kappa shape index (κ1) is 15.5. The van der Waals surface area contributed by atoms with Crippen molar-refractivity contribution in [3.63, 3.8) is 0 Å². The fraction of sp³-hybridized carbons (Fsp3) is 0.733. The molecule has 2 aliphatic rings. The lowest BCUT2D eigenvalue weighted by Crippen LogP contribution is -2.40. The first-order valence-corrected chi connectivity index (χ1v) is 8.01. The SMILES string of the molecule is CNC(=O)CN1CCN(Cc2cc(C3CC3)n[nH]2)C[C@@H](O)C1. The molecule has 0 spiro atoms. The van der Waals surface area contributed by atoms with Crippen molar-refractivity contribution in [2.45, 2.75) is 31.4 Å². The van der Waals surface area contributed by atoms with Gasteiger partial charge in [-0.05, 0) is 18.9 Å². The van der Waals surface area contributed by atoms with Crippen LogP contribution in [0.15, 0.2) is 6.07 Å². The number of aliphatic hydroxyl groups excluding tert-OH is 1. The second-order valence-electron chi connectivity index (χ2n) is 6.39. The molecular weight excluding hydrogens is 282 g/mol. The first-order chi connectivity index (χ1) is 10.6. The predicted molar refractivity (Wildman–Crippen MR) is 82.4 cm³/mol. The number of nitrogens with one attached hydrogen (secondary N) is 2. The molecule has 7 heteroatoms. The van der Waals surface area contributed by atoms with Gasteiger partial charge in [-0.2, -0.15) is 5.10 Å². The summed E-state index contributed by atoms with van der Waals surface area (Å²) in [7, 11) is 1.64. The molecule has 0 unspecified atom stereocenters. The van der Waals surface area contributed by atoms with Gasteiger partial charge in [-0.15, -0.1) is 0 Å². The van der Waals surface area contributed by atoms with E-state index < -0.39 is 6.10 Å². The van der Waals surface area contributed by atoms with Crippen LogP contribution in [0.4, 0.5) is 0 Å². The maximum absolute atomic E-state index is 11.5. The van der Waals surface area contributed by atoms with E-state index >= 15 is 0 Å². The first-order valence-electron chi connectivity index (χ1n) is 8.01. The van der Waals surface area contributed by atoms with Gasteiger partial charge < -0.3 is 10.4 Å². The van der Waals surface area contributed by atoms with E-state index in [1.54, 1.807) is 7.05 Å². The van der Waals surface area contributed by atoms with Gasteiger partial charge in [0.1, 0.15) is 0 Å². The summed E-state index contributed by atoms with van der Waals surface area (Å²) in [6, 6.07) is 2.15. The quantitative estimate of drug-likeness (QED) is 0.684. The Labute approximate surface area is 130 Å². The molecule has 2 fully saturated rings. The third-order valence-electron chi connectivity index (χ3n) is 4.36. The number of likely N-dealkylation sites (N-methyl/N-ethyl adjacent to an activating group) is 1. The Kier molecular flexibility index (Phi) is 4.75. The minimum atomic E-state index is -0.432. The smallest absolute Gasteiger partial charge is 0.233 e. The summed E-state index contributed by atoms with van der Waals surface area (Å²) in [5, 5.41) is 20.3. The summed E-state index contributed by atoms with van der Waals surface area (Å²) in [4.78, 5) is 15.7. The summed E-state index contributed by atoms with van der Waals surface area (Å²) in [6.45, 7) is 3.91. The molecule has 122 valence electrons. The average molecular weight is 307 g/mol. The zero-order valence-electron chi connectivity index (χ0n) is 13.1. The van der Waals surface area contributed by atoms with E-state index in [2.05, 4.69) is 26.5 Å². The maximum Gasteiger partial charge on any atom is 0.233 e. The minimum Gasteiger partial charge on any atom is -0.390 e. The van der Waals surface area contributed by atoms with Crippen LogP contribution >= 0.6 is 0 Å². The van der Waals surface area contributed by atoms with Gasteiger partial charge in [0, 0.05) is 51.4 Å². The van der Waals surface area contributed by atoms with E-state index in [9.17, 15) is 9.90 Å². The number of hydrogen-bond acceptors (Lipinski definition) is 5. The number of hydrogen-bond donors (Lipinski definition) is 3. The molecular formula is C15H25N5O2. The number of aromatic nitrogens is 2. The number of carbonyl (C=O) groups is 1. The highest BCUT2D eigenvalue weighted by Crippen LogP contribution is 2.39. The van der Waals surface area contributed by atoms with Crippen LogP contribution < -0.4 is 5.32 Å². The molecule has 1 saturated heterocycles. The van der Waals surface area contributed by atoms with Crippen LogP contribution in [0.25, 0.3) is 0 Å². The number of H-pyrrole nitrogens is 1. The van der Waals surface area contributed by atoms with Crippen molar-refractivity contribution in [2.75, 3.05) is 39.8 Å². The molecule has 0 bridgehead atoms. The van der Waals surface area contributed by atoms with Crippen molar-refractivity contribution in [3.05, 3.63) is 17.5 Å². The Morgan fingerprint density at radius 3 is 2.86 bits per heavy atom. The lowest BCUT2D eigenvalue weighted by molar-refractivity contribution is -0.121. The minimum absolute atomic E-state index is 0.0108. The van der Waals surface area contributed by atoms with Crippen molar-refractivity contribution in [1.82, 2.24) is 25.3 Å². The molecule has 2 heterocycles. The Morgan fingerprint density at radius 2 is 2.14 bits per heavy atom. The number of rotatable bonds is 5. The third kappa shape index (κ3) is 4.06. The van der Waals surface area contributed by atoms with Crippen LogP contribution in [0.2, 0.25) is 0 Å². The van der Waals surface area contributed by atoms with E-state index in [4.69, 9.17) is 0 Å². The summed E-state index contributed by atoms with van der Waals surface area (Å²) in [5.74, 6) is 0.645. The number of carbonyl (C=O) groups excluding carboxylic acids is 1. The van der Waals surface area contributed by atoms with Crippen LogP contribution in [0.5, 0.6) is 0 Å². The Morgan fingerprint density at radius 1 is 1.41 bits per heavy atom. The molecule has 3 N–H and O–H groups in total. The molecule has 1 aromatic heterocycles. The van der Waals surface area contributed by atoms with Crippen molar-refractivity contribution >= 4 is 5.91 Å². The van der Waals surface area contributed by atoms with Crippen LogP contribution in [0.3, 0.4) is 0 Å². The zero-order valence-corrected chi connectivity index (χ0v) is 13.1. The van der Waals surface area contributed by atoms with E-state index in [0.29, 0.717) is 25.6 Å². The van der Waals surface area contributed by atoms with E-state index in [-0.39, 0.29) is 5.91 Å². The standard InChI is InChI=1S/C15H25N5O2/c1-16-15(22)10-20-5-4-19(8-13(21)9-20)7-12-6-14(18-17-12)11-2-3-11/h6,11,13,21H,2-5,7-10H2,1H3,(H,16,22)(H,17,18)/t13-/m1/s1. The predicted octanol–water partition coefficient (Wildman–Crippen LogP) is -0.488. The highest BCUT2D eigenvalue weighted by atomic mass is 16.3. The van der Waals surface area contributed by atoms with Gasteiger partial charge in [0.2, 0.25) is 5.91 Å². The highest BCUT2D eigenvalue weighted by Gasteiger charge is 2.27. The second-order valence-corrected chi connectivity index (χ2v) is 6.39. The molecule has 3 rings (SSSR count). The maximum atomic E-state index is 11.5. The van der Waals surface area contributed by atoms with Crippen molar-refractivity contribution in [1.29, 1.82) is 0 Å². The van der Waals surface area contributed by atoms with Crippen molar-refractivity contribution in [3.8, 4) is 0 Å². The lowest BCUT2D eigenvalue weighted by Gasteiger charge is -2.20. The lowest BCUT2D eigenvalue weighted by atomic mass is 10.2. The van der Waals surface area contributed by atoms with E-state index in [1.165, 1.54) is 18.5 Å². The number of amides is 1. The van der Waals surface area contributed by atoms with Gasteiger partial charge in [0.05, 0.1) is 18.3 Å². The topological polar surface area (TPSA) is 84.5 Å². The molecule has 0 aromatic carbocycles. The second kappa shape index (κ2) is 6.76. The van der Waals surface area contributed by atoms with Crippen LogP contribution in [0.1, 0.15) is 30.1 Å². The van der Waals surface area contributed by atoms with Gasteiger partial charge in [0.25, 0.3) is 0 Å². The highest BCUT2D eigenvalue weighted by molar-refractivity contribution is 5.77. The average Bonchev–Trinajstić information content (AvgIpc) is 3.26. The van der Waals surface area contributed by atoms with Gasteiger partial charge in [-0.25, -0.2) is 0 Å². The Bertz CT molecular complexity index is 514. The van der Waals surface area contributed by atoms with Gasteiger partial charge in [-0.3, -0.25) is 19.7 Å². The molecule has 1 aliphatic heterocycles. The van der Waals surface area contributed by atoms with Gasteiger partial charge in [-0.1, -0.05) is 0 Å². The monoisotopic (exact) mass is 307 g/mol. The molecule has 1 amide bonds. The number of aliphatic hydroxyl groups is 1. The molecule has 7 nitrogen and oxygen atoms in total. The molecule has 22 heavy (non-hydrogen) atoms. The number of aromatic amines is 1. The van der Waals surface area contributed by atoms with Crippen LogP contribution in [0, 0.1) is 0 Å². The largest absolute Gasteiger partial charge is 0.390 e. The van der Waals surface area contributed by atoms with Crippen molar-refractivity contribution in [2.24, 2.45) is 0 Å². The Hall–Kier alpha value is -1.44. The van der Waals surface area contributed by atoms with Crippen LogP contribution in [-0.4, -0.2) is 76.9 Å². The summed E-state index contributed by atoms with van der Waals surface area (Å²) < 4.78 is 0. The molecule has 1 atom stereocenters.